The molecule has 5 nitrogen and oxygen atoms in total. The molecule has 2 saturated heterocycles. The van der Waals surface area contributed by atoms with E-state index < -0.39 is 12.0 Å². The van der Waals surface area contributed by atoms with Gasteiger partial charge in [0.2, 0.25) is 5.91 Å². The van der Waals surface area contributed by atoms with Gasteiger partial charge in [-0.3, -0.25) is 14.5 Å². The Morgan fingerprint density at radius 2 is 1.96 bits per heavy atom. The third-order valence-electron chi connectivity index (χ3n) is 6.17. The molecule has 2 aliphatic rings. The normalized spacial score (nSPS) is 20.5. The lowest BCUT2D eigenvalue weighted by Crippen LogP contribution is -2.41. The van der Waals surface area contributed by atoms with Crippen LogP contribution in [0, 0.1) is 19.8 Å². The van der Waals surface area contributed by atoms with Gasteiger partial charge >= 0.3 is 5.97 Å². The first kappa shape index (κ1) is 18.9. The van der Waals surface area contributed by atoms with Gasteiger partial charge in [0.1, 0.15) is 6.04 Å². The van der Waals surface area contributed by atoms with Gasteiger partial charge in [-0.05, 0) is 75.2 Å². The molecule has 1 aromatic rings. The van der Waals surface area contributed by atoms with Crippen molar-refractivity contribution < 1.29 is 14.7 Å². The fourth-order valence-electron chi connectivity index (χ4n) is 4.33. The molecule has 0 unspecified atom stereocenters. The van der Waals surface area contributed by atoms with E-state index in [0.717, 1.165) is 68.6 Å². The number of carbonyl (C=O) groups is 2. The zero-order valence-electron chi connectivity index (χ0n) is 15.9. The molecule has 1 amide bonds. The summed E-state index contributed by atoms with van der Waals surface area (Å²) in [6.45, 7) is 7.43. The second-order valence-corrected chi connectivity index (χ2v) is 7.78. The SMILES string of the molecule is Cc1cccc([C@@H](C(=O)O)N2CCC(CCN3CCCC3=O)CC2)c1C. The summed E-state index contributed by atoms with van der Waals surface area (Å²) >= 11 is 0. The van der Waals surface area contributed by atoms with Crippen LogP contribution in [-0.4, -0.2) is 53.0 Å². The average Bonchev–Trinajstić information content (AvgIpc) is 3.03. The number of aryl methyl sites for hydroxylation is 1. The van der Waals surface area contributed by atoms with Crippen molar-refractivity contribution >= 4 is 11.9 Å². The fraction of sp³-hybridized carbons (Fsp3) is 0.619. The number of benzene rings is 1. The van der Waals surface area contributed by atoms with E-state index in [1.165, 1.54) is 0 Å². The predicted molar refractivity (Wildman–Crippen MR) is 101 cm³/mol. The van der Waals surface area contributed by atoms with Gasteiger partial charge in [0.05, 0.1) is 0 Å². The first-order valence-electron chi connectivity index (χ1n) is 9.78. The van der Waals surface area contributed by atoms with Crippen LogP contribution in [0.4, 0.5) is 0 Å². The second-order valence-electron chi connectivity index (χ2n) is 7.78. The van der Waals surface area contributed by atoms with Crippen molar-refractivity contribution in [3.8, 4) is 0 Å². The number of hydrogen-bond donors (Lipinski definition) is 1. The number of carboxylic acids is 1. The largest absolute Gasteiger partial charge is 0.480 e. The van der Waals surface area contributed by atoms with Crippen LogP contribution in [0.25, 0.3) is 0 Å². The quantitative estimate of drug-likeness (QED) is 0.849. The molecule has 0 aliphatic carbocycles. The maximum Gasteiger partial charge on any atom is 0.325 e. The fourth-order valence-corrected chi connectivity index (χ4v) is 4.33. The molecule has 3 rings (SSSR count). The summed E-state index contributed by atoms with van der Waals surface area (Å²) in [7, 11) is 0. The van der Waals surface area contributed by atoms with Gasteiger partial charge in [0.25, 0.3) is 0 Å². The van der Waals surface area contributed by atoms with Gasteiger partial charge in [0.15, 0.2) is 0 Å². The lowest BCUT2D eigenvalue weighted by Gasteiger charge is -2.37. The van der Waals surface area contributed by atoms with Crippen LogP contribution < -0.4 is 0 Å². The van der Waals surface area contributed by atoms with E-state index in [1.807, 2.05) is 36.9 Å². The smallest absolute Gasteiger partial charge is 0.325 e. The molecule has 2 fully saturated rings. The van der Waals surface area contributed by atoms with E-state index in [2.05, 4.69) is 4.90 Å². The van der Waals surface area contributed by atoms with Crippen molar-refractivity contribution in [3.05, 3.63) is 34.9 Å². The van der Waals surface area contributed by atoms with Crippen molar-refractivity contribution in [3.63, 3.8) is 0 Å². The molecule has 0 spiro atoms. The van der Waals surface area contributed by atoms with Crippen LogP contribution in [0.1, 0.15) is 54.8 Å². The summed E-state index contributed by atoms with van der Waals surface area (Å²) in [5.41, 5.74) is 3.13. The number of hydrogen-bond acceptors (Lipinski definition) is 3. The Balaban J connectivity index is 1.59. The summed E-state index contributed by atoms with van der Waals surface area (Å²) in [6.07, 6.45) is 4.76. The molecule has 0 saturated carbocycles. The Morgan fingerprint density at radius 1 is 1.23 bits per heavy atom. The molecule has 1 N–H and O–H groups in total. The minimum atomic E-state index is -0.764. The highest BCUT2D eigenvalue weighted by Gasteiger charge is 2.32. The number of aliphatic carboxylic acids is 1. The van der Waals surface area contributed by atoms with E-state index in [0.29, 0.717) is 18.2 Å². The molecule has 26 heavy (non-hydrogen) atoms. The monoisotopic (exact) mass is 358 g/mol. The summed E-state index contributed by atoms with van der Waals surface area (Å²) in [4.78, 5) is 27.8. The highest BCUT2D eigenvalue weighted by molar-refractivity contribution is 5.78. The molecule has 5 heteroatoms. The highest BCUT2D eigenvalue weighted by atomic mass is 16.4. The molecule has 1 atom stereocenters. The Labute approximate surface area is 156 Å². The van der Waals surface area contributed by atoms with Crippen molar-refractivity contribution in [2.45, 2.75) is 52.0 Å². The second kappa shape index (κ2) is 8.21. The van der Waals surface area contributed by atoms with Crippen LogP contribution in [-0.2, 0) is 9.59 Å². The van der Waals surface area contributed by atoms with Crippen LogP contribution in [0.15, 0.2) is 18.2 Å². The zero-order valence-corrected chi connectivity index (χ0v) is 15.9. The summed E-state index contributed by atoms with van der Waals surface area (Å²) in [5, 5.41) is 9.85. The van der Waals surface area contributed by atoms with Gasteiger partial charge in [-0.1, -0.05) is 18.2 Å². The van der Waals surface area contributed by atoms with E-state index in [-0.39, 0.29) is 0 Å². The van der Waals surface area contributed by atoms with Crippen molar-refractivity contribution in [2.75, 3.05) is 26.2 Å². The number of carboxylic acid groups (broad SMARTS) is 1. The maximum absolute atomic E-state index is 12.0. The van der Waals surface area contributed by atoms with Crippen LogP contribution in [0.5, 0.6) is 0 Å². The summed E-state index contributed by atoms with van der Waals surface area (Å²) in [6, 6.07) is 5.37. The molecular weight excluding hydrogens is 328 g/mol. The van der Waals surface area contributed by atoms with Crippen molar-refractivity contribution in [1.82, 2.24) is 9.80 Å². The third kappa shape index (κ3) is 4.09. The van der Waals surface area contributed by atoms with E-state index in [9.17, 15) is 14.7 Å². The number of nitrogens with zero attached hydrogens (tertiary/aromatic N) is 2. The highest BCUT2D eigenvalue weighted by Crippen LogP contribution is 2.31. The van der Waals surface area contributed by atoms with Crippen molar-refractivity contribution in [2.24, 2.45) is 5.92 Å². The average molecular weight is 358 g/mol. The van der Waals surface area contributed by atoms with E-state index in [4.69, 9.17) is 0 Å². The van der Waals surface area contributed by atoms with Gasteiger partial charge < -0.3 is 10.0 Å². The number of piperidine rings is 1. The molecule has 2 heterocycles. The third-order valence-corrected chi connectivity index (χ3v) is 6.17. The summed E-state index contributed by atoms with van der Waals surface area (Å²) in [5.74, 6) is 0.121. The van der Waals surface area contributed by atoms with Gasteiger partial charge in [-0.25, -0.2) is 0 Å². The topological polar surface area (TPSA) is 60.9 Å². The van der Waals surface area contributed by atoms with Crippen LogP contribution >= 0.6 is 0 Å². The molecule has 0 aromatic heterocycles. The molecule has 142 valence electrons. The molecular formula is C21H30N2O3. The standard InChI is InChI=1S/C21H30N2O3/c1-15-5-3-6-18(16(15)2)20(21(25)26)23-13-9-17(10-14-23)8-12-22-11-4-7-19(22)24/h3,5-6,17,20H,4,7-14H2,1-2H3,(H,25,26)/t20-/m0/s1. The first-order valence-corrected chi connectivity index (χ1v) is 9.78. The predicted octanol–water partition coefficient (Wildman–Crippen LogP) is 3.15. The Hall–Kier alpha value is -1.88. The van der Waals surface area contributed by atoms with E-state index in [1.54, 1.807) is 0 Å². The van der Waals surface area contributed by atoms with Crippen LogP contribution in [0.3, 0.4) is 0 Å². The zero-order chi connectivity index (χ0) is 18.7. The van der Waals surface area contributed by atoms with Crippen LogP contribution in [0.2, 0.25) is 0 Å². The minimum Gasteiger partial charge on any atom is -0.480 e. The Morgan fingerprint density at radius 3 is 2.58 bits per heavy atom. The van der Waals surface area contributed by atoms with Gasteiger partial charge in [-0.2, -0.15) is 0 Å². The Kier molecular flexibility index (Phi) is 5.97. The molecule has 0 radical (unpaired) electrons. The lowest BCUT2D eigenvalue weighted by molar-refractivity contribution is -0.144. The number of carbonyl (C=O) groups excluding carboxylic acids is 1. The molecule has 2 aliphatic heterocycles. The number of amides is 1. The van der Waals surface area contributed by atoms with Gasteiger partial charge in [0, 0.05) is 19.5 Å². The van der Waals surface area contributed by atoms with E-state index >= 15 is 0 Å². The lowest BCUT2D eigenvalue weighted by atomic mass is 9.90. The minimum absolute atomic E-state index is 0.295. The molecule has 1 aromatic carbocycles. The number of likely N-dealkylation sites (tertiary alicyclic amines) is 2. The Bertz CT molecular complexity index is 665. The molecule has 0 bridgehead atoms. The van der Waals surface area contributed by atoms with Crippen molar-refractivity contribution in [1.29, 1.82) is 0 Å². The first-order chi connectivity index (χ1) is 12.5. The maximum atomic E-state index is 12.0. The summed E-state index contributed by atoms with van der Waals surface area (Å²) < 4.78 is 0. The van der Waals surface area contributed by atoms with Gasteiger partial charge in [-0.15, -0.1) is 0 Å². The number of rotatable bonds is 6.